The fourth-order valence-electron chi connectivity index (χ4n) is 1.71. The van der Waals surface area contributed by atoms with Gasteiger partial charge in [0.1, 0.15) is 5.76 Å². The molecule has 0 aliphatic rings. The molecule has 1 aromatic carbocycles. The van der Waals surface area contributed by atoms with Crippen molar-refractivity contribution in [2.45, 2.75) is 19.1 Å². The van der Waals surface area contributed by atoms with Crippen LogP contribution in [0.25, 0.3) is 11.0 Å². The summed E-state index contributed by atoms with van der Waals surface area (Å²) in [5.41, 5.74) is 4.91. The van der Waals surface area contributed by atoms with Gasteiger partial charge in [-0.3, -0.25) is 0 Å². The summed E-state index contributed by atoms with van der Waals surface area (Å²) < 4.78 is 55.9. The molecule has 0 saturated carbocycles. The smallest absolute Gasteiger partial charge is 0.410 e. The maximum atomic E-state index is 13.5. The Balaban J connectivity index is 2.68. The SMILES string of the molecule is Cc1c(C(N)C(F)(F)F)oc2c(F)cc(Cl)cc12. The van der Waals surface area contributed by atoms with Gasteiger partial charge in [0.25, 0.3) is 0 Å². The lowest BCUT2D eigenvalue weighted by Crippen LogP contribution is -2.28. The maximum Gasteiger partial charge on any atom is 0.410 e. The second-order valence-electron chi connectivity index (χ2n) is 3.87. The molecule has 1 atom stereocenters. The maximum absolute atomic E-state index is 13.5. The topological polar surface area (TPSA) is 39.2 Å². The number of nitrogens with two attached hydrogens (primary N) is 1. The van der Waals surface area contributed by atoms with Gasteiger partial charge < -0.3 is 10.2 Å². The van der Waals surface area contributed by atoms with Gasteiger partial charge in [0.15, 0.2) is 17.4 Å². The molecular weight excluding hydrogens is 274 g/mol. The second kappa shape index (κ2) is 4.13. The molecule has 0 spiro atoms. The van der Waals surface area contributed by atoms with Crippen molar-refractivity contribution in [3.8, 4) is 0 Å². The van der Waals surface area contributed by atoms with Crippen molar-refractivity contribution in [2.24, 2.45) is 5.73 Å². The molecule has 0 saturated heterocycles. The van der Waals surface area contributed by atoms with Gasteiger partial charge in [-0.1, -0.05) is 11.6 Å². The number of aryl methyl sites for hydroxylation is 1. The van der Waals surface area contributed by atoms with Gasteiger partial charge in [0.2, 0.25) is 0 Å². The first kappa shape index (κ1) is 13.2. The monoisotopic (exact) mass is 281 g/mol. The fourth-order valence-corrected chi connectivity index (χ4v) is 1.91. The zero-order valence-electron chi connectivity index (χ0n) is 9.11. The van der Waals surface area contributed by atoms with E-state index >= 15 is 0 Å². The third-order valence-corrected chi connectivity index (χ3v) is 2.85. The van der Waals surface area contributed by atoms with E-state index in [0.717, 1.165) is 6.07 Å². The van der Waals surface area contributed by atoms with E-state index in [4.69, 9.17) is 21.8 Å². The van der Waals surface area contributed by atoms with Crippen LogP contribution in [0.15, 0.2) is 16.5 Å². The number of furan rings is 1. The molecule has 18 heavy (non-hydrogen) atoms. The summed E-state index contributed by atoms with van der Waals surface area (Å²) in [5.74, 6) is -1.32. The highest BCUT2D eigenvalue weighted by Crippen LogP contribution is 2.38. The van der Waals surface area contributed by atoms with E-state index in [2.05, 4.69) is 0 Å². The van der Waals surface area contributed by atoms with Crippen LogP contribution in [0.5, 0.6) is 0 Å². The second-order valence-corrected chi connectivity index (χ2v) is 4.31. The van der Waals surface area contributed by atoms with Crippen LogP contribution >= 0.6 is 11.6 Å². The summed E-state index contributed by atoms with van der Waals surface area (Å²) in [6.45, 7) is 1.38. The highest BCUT2D eigenvalue weighted by Gasteiger charge is 2.41. The summed E-state index contributed by atoms with van der Waals surface area (Å²) >= 11 is 5.64. The fraction of sp³-hybridized carbons (Fsp3) is 0.273. The standard InChI is InChI=1S/C11H8ClF4NO/c1-4-6-2-5(12)3-7(13)9(6)18-8(4)10(17)11(14,15)16/h2-3,10H,17H2,1H3. The Hall–Kier alpha value is -1.27. The summed E-state index contributed by atoms with van der Waals surface area (Å²) in [6.07, 6.45) is -4.65. The number of hydrogen-bond donors (Lipinski definition) is 1. The van der Waals surface area contributed by atoms with Crippen molar-refractivity contribution in [1.29, 1.82) is 0 Å². The van der Waals surface area contributed by atoms with Gasteiger partial charge in [0, 0.05) is 16.0 Å². The van der Waals surface area contributed by atoms with Crippen molar-refractivity contribution in [3.05, 3.63) is 34.3 Å². The van der Waals surface area contributed by atoms with E-state index in [1.807, 2.05) is 0 Å². The van der Waals surface area contributed by atoms with Crippen molar-refractivity contribution in [1.82, 2.24) is 0 Å². The Morgan fingerprint density at radius 3 is 2.50 bits per heavy atom. The van der Waals surface area contributed by atoms with E-state index in [1.54, 1.807) is 0 Å². The minimum atomic E-state index is -4.65. The molecule has 1 unspecified atom stereocenters. The number of rotatable bonds is 1. The number of halogens is 5. The number of fused-ring (bicyclic) bond motifs is 1. The van der Waals surface area contributed by atoms with E-state index in [0.29, 0.717) is 0 Å². The molecule has 0 radical (unpaired) electrons. The van der Waals surface area contributed by atoms with Crippen LogP contribution in [0, 0.1) is 12.7 Å². The van der Waals surface area contributed by atoms with Crippen LogP contribution in [0.1, 0.15) is 17.4 Å². The van der Waals surface area contributed by atoms with Gasteiger partial charge in [-0.15, -0.1) is 0 Å². The predicted molar refractivity (Wildman–Crippen MR) is 58.9 cm³/mol. The minimum Gasteiger partial charge on any atom is -0.456 e. The average molecular weight is 282 g/mol. The van der Waals surface area contributed by atoms with E-state index in [9.17, 15) is 17.6 Å². The van der Waals surface area contributed by atoms with E-state index in [1.165, 1.54) is 13.0 Å². The van der Waals surface area contributed by atoms with Crippen LogP contribution in [0.4, 0.5) is 17.6 Å². The summed E-state index contributed by atoms with van der Waals surface area (Å²) in [6, 6.07) is 0.0178. The summed E-state index contributed by atoms with van der Waals surface area (Å²) in [4.78, 5) is 0. The molecule has 0 amide bonds. The lowest BCUT2D eigenvalue weighted by Gasteiger charge is -2.13. The average Bonchev–Trinajstić information content (AvgIpc) is 2.54. The van der Waals surface area contributed by atoms with Gasteiger partial charge in [0.05, 0.1) is 0 Å². The molecule has 7 heteroatoms. The highest BCUT2D eigenvalue weighted by atomic mass is 35.5. The quantitative estimate of drug-likeness (QED) is 0.800. The Kier molecular flexibility index (Phi) is 3.03. The molecule has 2 nitrogen and oxygen atoms in total. The molecule has 1 heterocycles. The van der Waals surface area contributed by atoms with Crippen molar-refractivity contribution < 1.29 is 22.0 Å². The van der Waals surface area contributed by atoms with Crippen molar-refractivity contribution in [3.63, 3.8) is 0 Å². The molecule has 1 aromatic heterocycles. The lowest BCUT2D eigenvalue weighted by atomic mass is 10.1. The minimum absolute atomic E-state index is 0.0797. The molecule has 0 aliphatic heterocycles. The lowest BCUT2D eigenvalue weighted by molar-refractivity contribution is -0.152. The van der Waals surface area contributed by atoms with Crippen molar-refractivity contribution >= 4 is 22.6 Å². The van der Waals surface area contributed by atoms with Crippen LogP contribution in [-0.4, -0.2) is 6.18 Å². The van der Waals surface area contributed by atoms with Gasteiger partial charge in [-0.05, 0) is 19.1 Å². The highest BCUT2D eigenvalue weighted by molar-refractivity contribution is 6.31. The van der Waals surface area contributed by atoms with Gasteiger partial charge in [-0.25, -0.2) is 4.39 Å². The molecule has 2 rings (SSSR count). The van der Waals surface area contributed by atoms with Crippen LogP contribution in [-0.2, 0) is 0 Å². The van der Waals surface area contributed by atoms with Crippen LogP contribution in [0.2, 0.25) is 5.02 Å². The zero-order chi connectivity index (χ0) is 13.7. The van der Waals surface area contributed by atoms with Crippen LogP contribution in [0.3, 0.4) is 0 Å². The largest absolute Gasteiger partial charge is 0.456 e. The Morgan fingerprint density at radius 2 is 1.94 bits per heavy atom. The zero-order valence-corrected chi connectivity index (χ0v) is 9.86. The normalized spacial score (nSPS) is 14.2. The van der Waals surface area contributed by atoms with Crippen molar-refractivity contribution in [2.75, 3.05) is 0 Å². The van der Waals surface area contributed by atoms with Gasteiger partial charge >= 0.3 is 6.18 Å². The molecular formula is C11H8ClF4NO. The molecule has 98 valence electrons. The third kappa shape index (κ3) is 2.06. The number of alkyl halides is 3. The number of benzene rings is 1. The summed E-state index contributed by atoms with van der Waals surface area (Å²) in [5, 5.41) is 0.269. The predicted octanol–water partition coefficient (Wildman–Crippen LogP) is 4.10. The van der Waals surface area contributed by atoms with E-state index in [-0.39, 0.29) is 21.6 Å². The number of hydrogen-bond acceptors (Lipinski definition) is 2. The third-order valence-electron chi connectivity index (χ3n) is 2.63. The summed E-state index contributed by atoms with van der Waals surface area (Å²) in [7, 11) is 0. The Labute approximate surface area is 104 Å². The molecule has 0 aliphatic carbocycles. The molecule has 0 bridgehead atoms. The molecule has 2 aromatic rings. The van der Waals surface area contributed by atoms with E-state index < -0.39 is 23.8 Å². The molecule has 0 fully saturated rings. The van der Waals surface area contributed by atoms with Crippen LogP contribution < -0.4 is 5.73 Å². The first-order chi connectivity index (χ1) is 8.21. The first-order valence-electron chi connectivity index (χ1n) is 4.92. The Morgan fingerprint density at radius 1 is 1.33 bits per heavy atom. The first-order valence-corrected chi connectivity index (χ1v) is 5.30. The molecule has 2 N–H and O–H groups in total. The Bertz CT molecular complexity index is 605. The van der Waals surface area contributed by atoms with Gasteiger partial charge in [-0.2, -0.15) is 13.2 Å².